The minimum atomic E-state index is 0.428. The highest BCUT2D eigenvalue weighted by Crippen LogP contribution is 2.50. The van der Waals surface area contributed by atoms with Crippen molar-refractivity contribution in [2.24, 2.45) is 0 Å². The molecule has 116 valence electrons. The van der Waals surface area contributed by atoms with Crippen molar-refractivity contribution >= 4 is 0 Å². The van der Waals surface area contributed by atoms with Gasteiger partial charge in [-0.3, -0.25) is 4.90 Å². The average molecular weight is 303 g/mol. The Morgan fingerprint density at radius 1 is 0.913 bits per heavy atom. The monoisotopic (exact) mass is 303 g/mol. The van der Waals surface area contributed by atoms with Crippen molar-refractivity contribution in [3.8, 4) is 11.1 Å². The number of hydrogen-bond donors (Lipinski definition) is 0. The summed E-state index contributed by atoms with van der Waals surface area (Å²) < 4.78 is 5.77. The van der Waals surface area contributed by atoms with Crippen molar-refractivity contribution in [3.63, 3.8) is 0 Å². The lowest BCUT2D eigenvalue weighted by Gasteiger charge is -2.43. The Morgan fingerprint density at radius 3 is 2.22 bits per heavy atom. The molecule has 2 heteroatoms. The molecule has 3 aliphatic rings. The second kappa shape index (κ2) is 5.05. The predicted molar refractivity (Wildman–Crippen MR) is 92.6 cm³/mol. The van der Waals surface area contributed by atoms with Crippen LogP contribution in [0.15, 0.2) is 60.2 Å². The Balaban J connectivity index is 1.66. The van der Waals surface area contributed by atoms with Crippen LogP contribution in [0, 0.1) is 0 Å². The first kappa shape index (κ1) is 13.5. The minimum Gasteiger partial charge on any atom is -0.378 e. The van der Waals surface area contributed by atoms with Crippen LogP contribution in [0.2, 0.25) is 0 Å². The summed E-state index contributed by atoms with van der Waals surface area (Å²) in [5.41, 5.74) is 7.36. The summed E-state index contributed by atoms with van der Waals surface area (Å²) in [7, 11) is 2.24. The highest BCUT2D eigenvalue weighted by molar-refractivity contribution is 5.80. The molecule has 1 aliphatic carbocycles. The van der Waals surface area contributed by atoms with Gasteiger partial charge in [0.05, 0.1) is 19.3 Å². The van der Waals surface area contributed by atoms with Crippen molar-refractivity contribution in [1.82, 2.24) is 4.90 Å². The van der Waals surface area contributed by atoms with Gasteiger partial charge >= 0.3 is 0 Å². The largest absolute Gasteiger partial charge is 0.378 e. The Bertz CT molecular complexity index is 748. The second-order valence-corrected chi connectivity index (χ2v) is 6.98. The van der Waals surface area contributed by atoms with E-state index in [2.05, 4.69) is 66.6 Å². The van der Waals surface area contributed by atoms with E-state index in [9.17, 15) is 0 Å². The van der Waals surface area contributed by atoms with Crippen LogP contribution in [0.3, 0.4) is 0 Å². The summed E-state index contributed by atoms with van der Waals surface area (Å²) in [6.07, 6.45) is 3.58. The SMILES string of the molecule is CN1C2C=C(C3c4ccccc4-c4ccccc43)CC1COC2. The number of benzene rings is 2. The molecule has 0 saturated carbocycles. The molecule has 2 bridgehead atoms. The lowest BCUT2D eigenvalue weighted by molar-refractivity contribution is -0.0262. The molecular formula is C21H21NO. The first-order valence-electron chi connectivity index (χ1n) is 8.51. The van der Waals surface area contributed by atoms with E-state index in [0.29, 0.717) is 18.0 Å². The molecule has 5 rings (SSSR count). The minimum absolute atomic E-state index is 0.428. The molecule has 2 heterocycles. The van der Waals surface area contributed by atoms with E-state index in [4.69, 9.17) is 4.74 Å². The number of fused-ring (bicyclic) bond motifs is 5. The third kappa shape index (κ3) is 1.95. The highest BCUT2D eigenvalue weighted by Gasteiger charge is 2.37. The summed E-state index contributed by atoms with van der Waals surface area (Å²) in [5.74, 6) is 0.430. The molecule has 2 aliphatic heterocycles. The zero-order valence-corrected chi connectivity index (χ0v) is 13.4. The quantitative estimate of drug-likeness (QED) is 0.742. The molecule has 1 fully saturated rings. The molecule has 2 nitrogen and oxygen atoms in total. The Labute approximate surface area is 137 Å². The van der Waals surface area contributed by atoms with Crippen LogP contribution in [0.25, 0.3) is 11.1 Å². The maximum absolute atomic E-state index is 5.77. The third-order valence-corrected chi connectivity index (χ3v) is 5.78. The van der Waals surface area contributed by atoms with Gasteiger partial charge in [-0.15, -0.1) is 0 Å². The lowest BCUT2D eigenvalue weighted by Crippen LogP contribution is -2.52. The summed E-state index contributed by atoms with van der Waals surface area (Å²) in [4.78, 5) is 2.49. The van der Waals surface area contributed by atoms with Crippen molar-refractivity contribution < 1.29 is 4.74 Å². The molecular weight excluding hydrogens is 282 g/mol. The van der Waals surface area contributed by atoms with Crippen LogP contribution in [0.4, 0.5) is 0 Å². The average Bonchev–Trinajstić information content (AvgIpc) is 2.89. The van der Waals surface area contributed by atoms with E-state index >= 15 is 0 Å². The summed E-state index contributed by atoms with van der Waals surface area (Å²) in [5, 5.41) is 0. The van der Waals surface area contributed by atoms with E-state index < -0.39 is 0 Å². The van der Waals surface area contributed by atoms with Gasteiger partial charge in [-0.25, -0.2) is 0 Å². The van der Waals surface area contributed by atoms with Crippen LogP contribution in [0.5, 0.6) is 0 Å². The Morgan fingerprint density at radius 2 is 1.57 bits per heavy atom. The van der Waals surface area contributed by atoms with Crippen LogP contribution in [-0.4, -0.2) is 37.2 Å². The third-order valence-electron chi connectivity index (χ3n) is 5.78. The first-order valence-corrected chi connectivity index (χ1v) is 8.51. The molecule has 2 atom stereocenters. The lowest BCUT2D eigenvalue weighted by atomic mass is 9.81. The van der Waals surface area contributed by atoms with E-state index in [1.807, 2.05) is 0 Å². The van der Waals surface area contributed by atoms with Crippen LogP contribution in [-0.2, 0) is 4.74 Å². The molecule has 0 aromatic heterocycles. The van der Waals surface area contributed by atoms with E-state index in [1.54, 1.807) is 5.57 Å². The number of rotatable bonds is 1. The summed E-state index contributed by atoms with van der Waals surface area (Å²) in [6.45, 7) is 1.69. The molecule has 0 spiro atoms. The molecule has 23 heavy (non-hydrogen) atoms. The molecule has 2 aromatic rings. The fourth-order valence-electron chi connectivity index (χ4n) is 4.56. The van der Waals surface area contributed by atoms with Gasteiger partial charge < -0.3 is 4.74 Å². The molecule has 2 aromatic carbocycles. The van der Waals surface area contributed by atoms with Crippen LogP contribution < -0.4 is 0 Å². The van der Waals surface area contributed by atoms with E-state index in [0.717, 1.165) is 19.6 Å². The second-order valence-electron chi connectivity index (χ2n) is 6.98. The highest BCUT2D eigenvalue weighted by atomic mass is 16.5. The van der Waals surface area contributed by atoms with Crippen LogP contribution >= 0.6 is 0 Å². The molecule has 1 saturated heterocycles. The van der Waals surface area contributed by atoms with Gasteiger partial charge in [-0.1, -0.05) is 60.2 Å². The zero-order valence-electron chi connectivity index (χ0n) is 13.4. The van der Waals surface area contributed by atoms with E-state index in [1.165, 1.54) is 22.3 Å². The van der Waals surface area contributed by atoms with Crippen molar-refractivity contribution in [3.05, 3.63) is 71.3 Å². The number of nitrogens with zero attached hydrogens (tertiary/aromatic N) is 1. The molecule has 0 radical (unpaired) electrons. The standard InChI is InChI=1S/C21H21NO/c1-22-15-10-14(11-16(22)13-23-12-15)21-19-8-4-2-6-17(19)18-7-3-5-9-20(18)21/h2-10,15-16,21H,11-13H2,1H3. The van der Waals surface area contributed by atoms with Gasteiger partial charge in [-0.2, -0.15) is 0 Å². The Hall–Kier alpha value is -1.90. The maximum Gasteiger partial charge on any atom is 0.0658 e. The van der Waals surface area contributed by atoms with Gasteiger partial charge in [0.1, 0.15) is 0 Å². The van der Waals surface area contributed by atoms with Gasteiger partial charge in [0.15, 0.2) is 0 Å². The van der Waals surface area contributed by atoms with Gasteiger partial charge in [0.25, 0.3) is 0 Å². The maximum atomic E-state index is 5.77. The van der Waals surface area contributed by atoms with Gasteiger partial charge in [0.2, 0.25) is 0 Å². The predicted octanol–water partition coefficient (Wildman–Crippen LogP) is 3.83. The first-order chi connectivity index (χ1) is 11.3. The van der Waals surface area contributed by atoms with Crippen molar-refractivity contribution in [1.29, 1.82) is 0 Å². The molecule has 0 amide bonds. The van der Waals surface area contributed by atoms with Crippen molar-refractivity contribution in [2.45, 2.75) is 24.4 Å². The fraction of sp³-hybridized carbons (Fsp3) is 0.333. The fourth-order valence-corrected chi connectivity index (χ4v) is 4.56. The van der Waals surface area contributed by atoms with Gasteiger partial charge in [0, 0.05) is 12.0 Å². The number of hydrogen-bond acceptors (Lipinski definition) is 2. The van der Waals surface area contributed by atoms with E-state index in [-0.39, 0.29) is 0 Å². The topological polar surface area (TPSA) is 12.5 Å². The normalized spacial score (nSPS) is 26.6. The smallest absolute Gasteiger partial charge is 0.0658 e. The number of ether oxygens (including phenoxy) is 1. The summed E-state index contributed by atoms with van der Waals surface area (Å²) in [6, 6.07) is 18.8. The summed E-state index contributed by atoms with van der Waals surface area (Å²) >= 11 is 0. The molecule has 0 N–H and O–H groups in total. The Kier molecular flexibility index (Phi) is 2.97. The van der Waals surface area contributed by atoms with Crippen LogP contribution in [0.1, 0.15) is 23.5 Å². The molecule has 2 unspecified atom stereocenters. The number of likely N-dealkylation sites (N-methyl/N-ethyl adjacent to an activating group) is 1. The van der Waals surface area contributed by atoms with Crippen molar-refractivity contribution in [2.75, 3.05) is 20.3 Å². The van der Waals surface area contributed by atoms with Gasteiger partial charge in [-0.05, 0) is 35.7 Å². The zero-order chi connectivity index (χ0) is 15.4. The number of morpholine rings is 1.